The highest BCUT2D eigenvalue weighted by atomic mass is 19.1. The normalized spacial score (nSPS) is 11.8. The Balaban J connectivity index is 1.83. The molecule has 0 amide bonds. The van der Waals surface area contributed by atoms with E-state index in [2.05, 4.69) is 4.98 Å². The summed E-state index contributed by atoms with van der Waals surface area (Å²) >= 11 is 0. The minimum absolute atomic E-state index is 0.00569. The van der Waals surface area contributed by atoms with E-state index in [9.17, 15) is 13.9 Å². The number of halogens is 2. The number of rotatable bonds is 4. The van der Waals surface area contributed by atoms with E-state index in [0.717, 1.165) is 28.4 Å². The second-order valence-electron chi connectivity index (χ2n) is 7.40. The fraction of sp³-hybridized carbons (Fsp3) is 0.174. The number of imidazole rings is 1. The average Bonchev–Trinajstić information content (AvgIpc) is 3.10. The average molecular weight is 394 g/mol. The van der Waals surface area contributed by atoms with Crippen molar-refractivity contribution in [1.29, 1.82) is 0 Å². The molecule has 4 aromatic rings. The van der Waals surface area contributed by atoms with Crippen LogP contribution in [0.1, 0.15) is 19.4 Å². The van der Waals surface area contributed by atoms with Crippen molar-refractivity contribution in [2.24, 2.45) is 0 Å². The summed E-state index contributed by atoms with van der Waals surface area (Å²) < 4.78 is 35.0. The molecule has 0 fully saturated rings. The van der Waals surface area contributed by atoms with E-state index in [1.54, 1.807) is 26.2 Å². The number of aliphatic hydroxyl groups is 1. The van der Waals surface area contributed by atoms with Crippen molar-refractivity contribution in [2.75, 3.05) is 7.11 Å². The van der Waals surface area contributed by atoms with Crippen LogP contribution in [0.5, 0.6) is 5.75 Å². The van der Waals surface area contributed by atoms with Gasteiger partial charge in [0.05, 0.1) is 23.7 Å². The Hall–Kier alpha value is -3.25. The predicted octanol–water partition coefficient (Wildman–Crippen LogP) is 5.21. The maximum absolute atomic E-state index is 14.1. The number of fused-ring (bicyclic) bond motifs is 1. The number of nitrogens with zero attached hydrogens (tertiary/aromatic N) is 2. The molecule has 0 aliphatic rings. The first kappa shape index (κ1) is 19.1. The summed E-state index contributed by atoms with van der Waals surface area (Å²) in [6.07, 6.45) is 1.68. The molecule has 4 rings (SSSR count). The van der Waals surface area contributed by atoms with Crippen LogP contribution >= 0.6 is 0 Å². The van der Waals surface area contributed by atoms with Gasteiger partial charge in [-0.3, -0.25) is 4.57 Å². The third-order valence-electron chi connectivity index (χ3n) is 4.90. The second-order valence-corrected chi connectivity index (χ2v) is 7.40. The van der Waals surface area contributed by atoms with Crippen LogP contribution in [0.4, 0.5) is 8.78 Å². The summed E-state index contributed by atoms with van der Waals surface area (Å²) in [5.74, 6) is -1.43. The summed E-state index contributed by atoms with van der Waals surface area (Å²) in [7, 11) is 1.35. The molecule has 0 bridgehead atoms. The lowest BCUT2D eigenvalue weighted by Crippen LogP contribution is -2.15. The van der Waals surface area contributed by atoms with Crippen LogP contribution in [0, 0.1) is 11.6 Å². The summed E-state index contributed by atoms with van der Waals surface area (Å²) in [6, 6.07) is 14.9. The molecule has 0 atom stereocenters. The molecular formula is C23H20F2N2O2. The van der Waals surface area contributed by atoms with E-state index in [0.29, 0.717) is 11.1 Å². The molecule has 4 nitrogen and oxygen atoms in total. The monoisotopic (exact) mass is 394 g/mol. The lowest BCUT2D eigenvalue weighted by molar-refractivity contribution is 0.0787. The highest BCUT2D eigenvalue weighted by Gasteiger charge is 2.18. The van der Waals surface area contributed by atoms with Crippen molar-refractivity contribution in [3.05, 3.63) is 78.1 Å². The number of ether oxygens (including phenoxy) is 1. The van der Waals surface area contributed by atoms with E-state index < -0.39 is 17.2 Å². The number of hydrogen-bond donors (Lipinski definition) is 1. The summed E-state index contributed by atoms with van der Waals surface area (Å²) in [5.41, 5.74) is 3.14. The van der Waals surface area contributed by atoms with E-state index >= 15 is 0 Å². The van der Waals surface area contributed by atoms with Gasteiger partial charge >= 0.3 is 0 Å². The SMILES string of the molecule is COc1c(F)cc(F)cc1-c1cccc(-n2cnc3cc(C(C)(C)O)ccc32)c1. The zero-order valence-corrected chi connectivity index (χ0v) is 16.3. The summed E-state index contributed by atoms with van der Waals surface area (Å²) in [5, 5.41) is 10.2. The van der Waals surface area contributed by atoms with E-state index in [4.69, 9.17) is 4.74 Å². The molecule has 1 heterocycles. The van der Waals surface area contributed by atoms with Crippen LogP contribution < -0.4 is 4.74 Å². The second kappa shape index (κ2) is 6.97. The third-order valence-corrected chi connectivity index (χ3v) is 4.90. The van der Waals surface area contributed by atoms with Crippen LogP contribution in [-0.2, 0) is 5.60 Å². The first-order valence-corrected chi connectivity index (χ1v) is 9.12. The topological polar surface area (TPSA) is 47.3 Å². The van der Waals surface area contributed by atoms with Crippen LogP contribution in [0.2, 0.25) is 0 Å². The molecule has 0 saturated carbocycles. The van der Waals surface area contributed by atoms with Crippen molar-refractivity contribution in [1.82, 2.24) is 9.55 Å². The van der Waals surface area contributed by atoms with E-state index in [1.807, 2.05) is 41.0 Å². The molecular weight excluding hydrogens is 374 g/mol. The van der Waals surface area contributed by atoms with Gasteiger partial charge in [-0.1, -0.05) is 18.2 Å². The number of hydrogen-bond acceptors (Lipinski definition) is 3. The van der Waals surface area contributed by atoms with Gasteiger partial charge in [0.15, 0.2) is 11.6 Å². The van der Waals surface area contributed by atoms with Crippen LogP contribution in [0.15, 0.2) is 60.9 Å². The fourth-order valence-electron chi connectivity index (χ4n) is 3.40. The van der Waals surface area contributed by atoms with Crippen LogP contribution in [-0.4, -0.2) is 21.8 Å². The Bertz CT molecular complexity index is 1210. The van der Waals surface area contributed by atoms with Gasteiger partial charge in [-0.05, 0) is 55.3 Å². The molecule has 148 valence electrons. The number of aromatic nitrogens is 2. The zero-order chi connectivity index (χ0) is 20.8. The Morgan fingerprint density at radius 2 is 1.83 bits per heavy atom. The van der Waals surface area contributed by atoms with E-state index in [-0.39, 0.29) is 5.75 Å². The number of methoxy groups -OCH3 is 1. The molecule has 0 unspecified atom stereocenters. The van der Waals surface area contributed by atoms with E-state index in [1.165, 1.54) is 13.2 Å². The molecule has 0 aliphatic heterocycles. The molecule has 0 radical (unpaired) electrons. The molecule has 1 aromatic heterocycles. The molecule has 0 spiro atoms. The predicted molar refractivity (Wildman–Crippen MR) is 108 cm³/mol. The molecule has 0 aliphatic carbocycles. The first-order chi connectivity index (χ1) is 13.8. The summed E-state index contributed by atoms with van der Waals surface area (Å²) in [6.45, 7) is 3.44. The smallest absolute Gasteiger partial charge is 0.168 e. The van der Waals surface area contributed by atoms with Crippen molar-refractivity contribution >= 4 is 11.0 Å². The van der Waals surface area contributed by atoms with Gasteiger partial charge < -0.3 is 9.84 Å². The maximum atomic E-state index is 14.1. The quantitative estimate of drug-likeness (QED) is 0.517. The van der Waals surface area contributed by atoms with Gasteiger partial charge in [-0.2, -0.15) is 0 Å². The molecule has 6 heteroatoms. The lowest BCUT2D eigenvalue weighted by Gasteiger charge is -2.17. The van der Waals surface area contributed by atoms with Crippen molar-refractivity contribution in [3.63, 3.8) is 0 Å². The lowest BCUT2D eigenvalue weighted by atomic mass is 9.98. The summed E-state index contributed by atoms with van der Waals surface area (Å²) in [4.78, 5) is 4.44. The molecule has 0 saturated heterocycles. The van der Waals surface area contributed by atoms with Crippen molar-refractivity contribution in [2.45, 2.75) is 19.4 Å². The number of benzene rings is 3. The highest BCUT2D eigenvalue weighted by molar-refractivity contribution is 5.79. The minimum Gasteiger partial charge on any atom is -0.493 e. The molecule has 29 heavy (non-hydrogen) atoms. The van der Waals surface area contributed by atoms with Crippen molar-refractivity contribution in [3.8, 4) is 22.6 Å². The largest absolute Gasteiger partial charge is 0.493 e. The highest BCUT2D eigenvalue weighted by Crippen LogP contribution is 2.34. The van der Waals surface area contributed by atoms with Gasteiger partial charge in [0.25, 0.3) is 0 Å². The minimum atomic E-state index is -0.962. The van der Waals surface area contributed by atoms with Gasteiger partial charge in [-0.15, -0.1) is 0 Å². The Kier molecular flexibility index (Phi) is 4.59. The third kappa shape index (κ3) is 3.47. The Morgan fingerprint density at radius 1 is 1.03 bits per heavy atom. The fourth-order valence-corrected chi connectivity index (χ4v) is 3.40. The van der Waals surface area contributed by atoms with Gasteiger partial charge in [-0.25, -0.2) is 13.8 Å². The van der Waals surface area contributed by atoms with Crippen molar-refractivity contribution < 1.29 is 18.6 Å². The van der Waals surface area contributed by atoms with Crippen LogP contribution in [0.3, 0.4) is 0 Å². The molecule has 1 N–H and O–H groups in total. The zero-order valence-electron chi connectivity index (χ0n) is 16.3. The van der Waals surface area contributed by atoms with Gasteiger partial charge in [0.2, 0.25) is 0 Å². The Morgan fingerprint density at radius 3 is 2.55 bits per heavy atom. The van der Waals surface area contributed by atoms with Gasteiger partial charge in [0.1, 0.15) is 12.1 Å². The first-order valence-electron chi connectivity index (χ1n) is 9.12. The maximum Gasteiger partial charge on any atom is 0.168 e. The van der Waals surface area contributed by atoms with Crippen LogP contribution in [0.25, 0.3) is 27.8 Å². The van der Waals surface area contributed by atoms with Gasteiger partial charge in [0, 0.05) is 17.3 Å². The Labute approximate surface area is 167 Å². The molecule has 3 aromatic carbocycles. The standard InChI is InChI=1S/C23H20F2N2O2/c1-23(2,28)15-7-8-21-20(10-15)26-13-27(21)17-6-4-5-14(9-17)18-11-16(24)12-19(25)22(18)29-3/h4-13,28H,1-3H3.